The van der Waals surface area contributed by atoms with Crippen molar-refractivity contribution in [3.05, 3.63) is 24.3 Å². The Morgan fingerprint density at radius 1 is 1.23 bits per heavy atom. The van der Waals surface area contributed by atoms with Gasteiger partial charge in [-0.25, -0.2) is 0 Å². The Morgan fingerprint density at radius 2 is 2.15 bits per heavy atom. The van der Waals surface area contributed by atoms with Crippen molar-refractivity contribution in [3.8, 4) is 0 Å². The lowest BCUT2D eigenvalue weighted by molar-refractivity contribution is -0.120. The summed E-state index contributed by atoms with van der Waals surface area (Å²) in [6, 6.07) is 0. The molecule has 0 aromatic rings. The number of carbonyl (C=O) groups excluding carboxylic acids is 1. The molecule has 1 saturated carbocycles. The van der Waals surface area contributed by atoms with Gasteiger partial charge < -0.3 is 0 Å². The van der Waals surface area contributed by atoms with Crippen molar-refractivity contribution in [2.45, 2.75) is 19.3 Å². The molecule has 0 aromatic carbocycles. The molecule has 1 heteroatoms. The molecule has 0 saturated heterocycles. The van der Waals surface area contributed by atoms with Crippen molar-refractivity contribution in [1.82, 2.24) is 0 Å². The number of ketones is 1. The fourth-order valence-electron chi connectivity index (χ4n) is 3.20. The van der Waals surface area contributed by atoms with E-state index in [2.05, 4.69) is 24.3 Å². The third-order valence-corrected chi connectivity index (χ3v) is 3.88. The molecule has 3 aliphatic rings. The van der Waals surface area contributed by atoms with Gasteiger partial charge >= 0.3 is 0 Å². The summed E-state index contributed by atoms with van der Waals surface area (Å²) in [6.45, 7) is 0. The summed E-state index contributed by atoms with van der Waals surface area (Å²) in [6.07, 6.45) is 12.2. The van der Waals surface area contributed by atoms with Crippen LogP contribution >= 0.6 is 0 Å². The summed E-state index contributed by atoms with van der Waals surface area (Å²) in [5.74, 6) is 2.78. The molecule has 0 N–H and O–H groups in total. The number of Topliss-reactive ketones (excluding diaryl/α,β-unsaturated/α-hetero) is 1. The van der Waals surface area contributed by atoms with Crippen LogP contribution in [0.15, 0.2) is 24.3 Å². The molecule has 4 atom stereocenters. The Labute approximate surface area is 78.5 Å². The maximum Gasteiger partial charge on any atom is 0.140 e. The molecular weight excluding hydrogens is 160 g/mol. The molecule has 0 heterocycles. The molecular formula is C12H14O. The number of carbonyl (C=O) groups is 1. The van der Waals surface area contributed by atoms with Crippen molar-refractivity contribution in [1.29, 1.82) is 0 Å². The molecule has 3 aliphatic carbocycles. The Kier molecular flexibility index (Phi) is 1.49. The van der Waals surface area contributed by atoms with Crippen molar-refractivity contribution in [2.24, 2.45) is 23.7 Å². The van der Waals surface area contributed by atoms with Gasteiger partial charge in [0.1, 0.15) is 5.78 Å². The molecule has 0 radical (unpaired) electrons. The first-order valence-corrected chi connectivity index (χ1v) is 5.24. The van der Waals surface area contributed by atoms with Crippen LogP contribution in [-0.2, 0) is 4.79 Å². The zero-order chi connectivity index (χ0) is 8.84. The van der Waals surface area contributed by atoms with E-state index in [0.29, 0.717) is 23.5 Å². The Balaban J connectivity index is 1.97. The summed E-state index contributed by atoms with van der Waals surface area (Å²) < 4.78 is 0. The second kappa shape index (κ2) is 2.57. The second-order valence-electron chi connectivity index (χ2n) is 4.48. The van der Waals surface area contributed by atoms with Crippen LogP contribution in [0, 0.1) is 23.7 Å². The van der Waals surface area contributed by atoms with Crippen LogP contribution in [0.1, 0.15) is 19.3 Å². The molecule has 0 bridgehead atoms. The smallest absolute Gasteiger partial charge is 0.140 e. The number of fused-ring (bicyclic) bond motifs is 3. The van der Waals surface area contributed by atoms with Gasteiger partial charge in [-0.05, 0) is 30.6 Å². The molecule has 0 aromatic heterocycles. The molecule has 1 fully saturated rings. The van der Waals surface area contributed by atoms with Gasteiger partial charge in [0.25, 0.3) is 0 Å². The first-order chi connectivity index (χ1) is 6.36. The van der Waals surface area contributed by atoms with Gasteiger partial charge in [-0.3, -0.25) is 4.79 Å². The lowest BCUT2D eigenvalue weighted by Crippen LogP contribution is -2.26. The van der Waals surface area contributed by atoms with E-state index >= 15 is 0 Å². The minimum atomic E-state index is 0.268. The average Bonchev–Trinajstić information content (AvgIpc) is 2.70. The minimum Gasteiger partial charge on any atom is -0.299 e. The molecule has 0 aliphatic heterocycles. The zero-order valence-corrected chi connectivity index (χ0v) is 7.65. The number of allylic oxidation sites excluding steroid dienone is 4. The first-order valence-electron chi connectivity index (χ1n) is 5.24. The molecule has 0 amide bonds. The normalized spacial score (nSPS) is 46.6. The fraction of sp³-hybridized carbons (Fsp3) is 0.583. The SMILES string of the molecule is O=C1CC[C@H]2[C@@H]3C=CC[C@@H]3C=C[C@H]12. The van der Waals surface area contributed by atoms with Gasteiger partial charge in [0.15, 0.2) is 0 Å². The average molecular weight is 174 g/mol. The van der Waals surface area contributed by atoms with E-state index < -0.39 is 0 Å². The largest absolute Gasteiger partial charge is 0.299 e. The van der Waals surface area contributed by atoms with E-state index in [4.69, 9.17) is 0 Å². The van der Waals surface area contributed by atoms with Crippen LogP contribution < -0.4 is 0 Å². The van der Waals surface area contributed by atoms with Gasteiger partial charge in [0.05, 0.1) is 0 Å². The highest BCUT2D eigenvalue weighted by Crippen LogP contribution is 2.46. The van der Waals surface area contributed by atoms with Gasteiger partial charge in [-0.2, -0.15) is 0 Å². The van der Waals surface area contributed by atoms with Crippen molar-refractivity contribution >= 4 is 5.78 Å². The van der Waals surface area contributed by atoms with Gasteiger partial charge in [-0.1, -0.05) is 24.3 Å². The van der Waals surface area contributed by atoms with Crippen molar-refractivity contribution in [2.75, 3.05) is 0 Å². The second-order valence-corrected chi connectivity index (χ2v) is 4.48. The van der Waals surface area contributed by atoms with Gasteiger partial charge in [0, 0.05) is 12.3 Å². The number of hydrogen-bond acceptors (Lipinski definition) is 1. The minimum absolute atomic E-state index is 0.268. The Bertz CT molecular complexity index is 300. The van der Waals surface area contributed by atoms with Gasteiger partial charge in [-0.15, -0.1) is 0 Å². The molecule has 1 nitrogen and oxygen atoms in total. The summed E-state index contributed by atoms with van der Waals surface area (Å²) >= 11 is 0. The topological polar surface area (TPSA) is 17.1 Å². The van der Waals surface area contributed by atoms with E-state index in [-0.39, 0.29) is 5.92 Å². The molecule has 13 heavy (non-hydrogen) atoms. The van der Waals surface area contributed by atoms with Crippen LogP contribution in [-0.4, -0.2) is 5.78 Å². The third kappa shape index (κ3) is 0.962. The molecule has 0 unspecified atom stereocenters. The van der Waals surface area contributed by atoms with Crippen molar-refractivity contribution in [3.63, 3.8) is 0 Å². The Hall–Kier alpha value is -0.850. The van der Waals surface area contributed by atoms with E-state index in [1.165, 1.54) is 6.42 Å². The lowest BCUT2D eigenvalue weighted by Gasteiger charge is -2.30. The lowest BCUT2D eigenvalue weighted by atomic mass is 9.73. The highest BCUT2D eigenvalue weighted by Gasteiger charge is 2.42. The molecule has 0 spiro atoms. The number of rotatable bonds is 0. The number of hydrogen-bond donors (Lipinski definition) is 0. The predicted octanol–water partition coefficient (Wildman–Crippen LogP) is 2.34. The van der Waals surface area contributed by atoms with Crippen LogP contribution in [0.5, 0.6) is 0 Å². The first kappa shape index (κ1) is 7.54. The van der Waals surface area contributed by atoms with Crippen LogP contribution in [0.3, 0.4) is 0 Å². The summed E-state index contributed by atoms with van der Waals surface area (Å²) in [5.41, 5.74) is 0. The maximum atomic E-state index is 11.5. The fourth-order valence-corrected chi connectivity index (χ4v) is 3.20. The monoisotopic (exact) mass is 174 g/mol. The standard InChI is InChI=1S/C12H14O/c13-12-7-6-10-9-3-1-2-8(9)4-5-11(10)12/h1,3-5,8-11H,2,6-7H2/t8-,9-,10+,11+/m1/s1. The van der Waals surface area contributed by atoms with E-state index in [1.54, 1.807) is 0 Å². The van der Waals surface area contributed by atoms with Gasteiger partial charge in [0.2, 0.25) is 0 Å². The molecule has 68 valence electrons. The summed E-state index contributed by atoms with van der Waals surface area (Å²) in [4.78, 5) is 11.5. The zero-order valence-electron chi connectivity index (χ0n) is 7.65. The summed E-state index contributed by atoms with van der Waals surface area (Å²) in [5, 5.41) is 0. The van der Waals surface area contributed by atoms with Crippen LogP contribution in [0.4, 0.5) is 0 Å². The maximum absolute atomic E-state index is 11.5. The van der Waals surface area contributed by atoms with E-state index in [1.807, 2.05) is 0 Å². The van der Waals surface area contributed by atoms with Crippen LogP contribution in [0.25, 0.3) is 0 Å². The highest BCUT2D eigenvalue weighted by atomic mass is 16.1. The predicted molar refractivity (Wildman–Crippen MR) is 51.1 cm³/mol. The van der Waals surface area contributed by atoms with E-state index in [0.717, 1.165) is 12.8 Å². The highest BCUT2D eigenvalue weighted by molar-refractivity contribution is 5.85. The van der Waals surface area contributed by atoms with E-state index in [9.17, 15) is 4.79 Å². The van der Waals surface area contributed by atoms with Crippen LogP contribution in [0.2, 0.25) is 0 Å². The van der Waals surface area contributed by atoms with Crippen molar-refractivity contribution < 1.29 is 4.79 Å². The molecule has 3 rings (SSSR count). The Morgan fingerprint density at radius 3 is 3.08 bits per heavy atom. The quantitative estimate of drug-likeness (QED) is 0.515. The summed E-state index contributed by atoms with van der Waals surface area (Å²) in [7, 11) is 0. The third-order valence-electron chi connectivity index (χ3n) is 3.88.